The van der Waals surface area contributed by atoms with Crippen LogP contribution in [0, 0.1) is 12.3 Å². The summed E-state index contributed by atoms with van der Waals surface area (Å²) in [6.07, 6.45) is 1.36. The van der Waals surface area contributed by atoms with E-state index in [1.54, 1.807) is 0 Å². The van der Waals surface area contributed by atoms with Crippen molar-refractivity contribution in [2.75, 3.05) is 0 Å². The van der Waals surface area contributed by atoms with Gasteiger partial charge < -0.3 is 16.4 Å². The van der Waals surface area contributed by atoms with Crippen molar-refractivity contribution in [3.8, 4) is 0 Å². The Kier molecular flexibility index (Phi) is 4.27. The summed E-state index contributed by atoms with van der Waals surface area (Å²) in [5.41, 5.74) is 11.5. The first kappa shape index (κ1) is 16.7. The van der Waals surface area contributed by atoms with Crippen LogP contribution < -0.4 is 11.5 Å². The van der Waals surface area contributed by atoms with Crippen LogP contribution in [0.1, 0.15) is 37.4 Å². The molecule has 6 heteroatoms. The topological polar surface area (TPSA) is 106 Å². The number of nitrogens with two attached hydrogens (primary N) is 2. The third kappa shape index (κ3) is 2.97. The molecule has 0 aliphatic carbocycles. The Bertz CT molecular complexity index is 711. The van der Waals surface area contributed by atoms with Crippen LogP contribution in [-0.4, -0.2) is 22.6 Å². The van der Waals surface area contributed by atoms with Crippen LogP contribution in [0.5, 0.6) is 0 Å². The van der Waals surface area contributed by atoms with Crippen LogP contribution >= 0.6 is 0 Å². The van der Waals surface area contributed by atoms with Gasteiger partial charge in [-0.15, -0.1) is 0 Å². The lowest BCUT2D eigenvalue weighted by Gasteiger charge is -2.38. The molecule has 6 nitrogen and oxygen atoms in total. The molecular formula is C17H21N3O3. The lowest BCUT2D eigenvalue weighted by Crippen LogP contribution is -2.52. The Hall–Kier alpha value is -2.63. The third-order valence-electron chi connectivity index (χ3n) is 4.35. The number of aryl methyl sites for hydroxylation is 1. The first-order valence-corrected chi connectivity index (χ1v) is 7.36. The fourth-order valence-electron chi connectivity index (χ4n) is 2.74. The molecule has 1 aromatic carbocycles. The van der Waals surface area contributed by atoms with Crippen molar-refractivity contribution in [1.82, 2.24) is 4.90 Å². The van der Waals surface area contributed by atoms with Gasteiger partial charge in [0, 0.05) is 18.2 Å². The van der Waals surface area contributed by atoms with Crippen molar-refractivity contribution in [3.63, 3.8) is 0 Å². The lowest BCUT2D eigenvalue weighted by atomic mass is 9.78. The number of nitrogens with zero attached hydrogens (tertiary/aromatic N) is 1. The summed E-state index contributed by atoms with van der Waals surface area (Å²) in [5.74, 6) is -1.86. The lowest BCUT2D eigenvalue weighted by molar-refractivity contribution is -0.148. The molecule has 1 heterocycles. The summed E-state index contributed by atoms with van der Waals surface area (Å²) in [4.78, 5) is 37.6. The molecule has 0 aromatic heterocycles. The van der Waals surface area contributed by atoms with E-state index in [1.165, 1.54) is 18.0 Å². The monoisotopic (exact) mass is 315 g/mol. The molecule has 4 N–H and O–H groups in total. The second-order valence-corrected chi connectivity index (χ2v) is 6.19. The zero-order valence-electron chi connectivity index (χ0n) is 13.5. The van der Waals surface area contributed by atoms with Crippen LogP contribution in [0.3, 0.4) is 0 Å². The van der Waals surface area contributed by atoms with E-state index in [1.807, 2.05) is 38.1 Å². The molecular weight excluding hydrogens is 294 g/mol. The predicted molar refractivity (Wildman–Crippen MR) is 85.6 cm³/mol. The number of amides is 3. The minimum atomic E-state index is -1.48. The minimum absolute atomic E-state index is 0.0759. The quantitative estimate of drug-likeness (QED) is 0.814. The molecule has 122 valence electrons. The van der Waals surface area contributed by atoms with Crippen molar-refractivity contribution >= 4 is 17.7 Å². The van der Waals surface area contributed by atoms with E-state index < -0.39 is 23.1 Å². The first-order chi connectivity index (χ1) is 10.7. The molecule has 23 heavy (non-hydrogen) atoms. The van der Waals surface area contributed by atoms with E-state index in [9.17, 15) is 14.4 Å². The molecule has 0 saturated carbocycles. The average Bonchev–Trinajstić information content (AvgIpc) is 2.48. The predicted octanol–water partition coefficient (Wildman–Crippen LogP) is 1.15. The van der Waals surface area contributed by atoms with Gasteiger partial charge in [-0.3, -0.25) is 14.4 Å². The zero-order valence-corrected chi connectivity index (χ0v) is 13.5. The Labute approximate surface area is 135 Å². The number of rotatable bonds is 4. The molecule has 0 spiro atoms. The number of carbonyl (C=O) groups excluding carboxylic acids is 3. The van der Waals surface area contributed by atoms with E-state index in [4.69, 9.17) is 11.5 Å². The van der Waals surface area contributed by atoms with E-state index in [0.29, 0.717) is 0 Å². The number of hydrogen-bond acceptors (Lipinski definition) is 3. The molecule has 0 saturated heterocycles. The molecule has 2 atom stereocenters. The van der Waals surface area contributed by atoms with Crippen LogP contribution in [0.4, 0.5) is 0 Å². The van der Waals surface area contributed by atoms with Gasteiger partial charge in [-0.2, -0.15) is 0 Å². The van der Waals surface area contributed by atoms with Crippen molar-refractivity contribution in [3.05, 3.63) is 47.2 Å². The van der Waals surface area contributed by atoms with Gasteiger partial charge in [0.15, 0.2) is 0 Å². The zero-order chi connectivity index (χ0) is 17.4. The molecule has 1 aliphatic heterocycles. The Morgan fingerprint density at radius 3 is 2.48 bits per heavy atom. The highest BCUT2D eigenvalue weighted by molar-refractivity contribution is 6.08. The van der Waals surface area contributed by atoms with Gasteiger partial charge in [-0.05, 0) is 26.3 Å². The standard InChI is InChI=1S/C17H21N3O3/c1-10-5-4-6-12(7-10)11(2)20-9-13(14(18)21)8-17(3,15(19)22)16(20)23/h4-7,9,11H,8H2,1-3H3,(H2,18,21)(H2,19,22). The number of primary amides is 2. The van der Waals surface area contributed by atoms with Gasteiger partial charge in [-0.25, -0.2) is 0 Å². The summed E-state index contributed by atoms with van der Waals surface area (Å²) in [6.45, 7) is 5.23. The molecule has 2 rings (SSSR count). The van der Waals surface area contributed by atoms with Crippen LogP contribution in [0.15, 0.2) is 36.0 Å². The molecule has 0 fully saturated rings. The third-order valence-corrected chi connectivity index (χ3v) is 4.35. The Morgan fingerprint density at radius 2 is 1.96 bits per heavy atom. The van der Waals surface area contributed by atoms with Crippen LogP contribution in [-0.2, 0) is 14.4 Å². The molecule has 3 amide bonds. The minimum Gasteiger partial charge on any atom is -0.369 e. The molecule has 1 aromatic rings. The van der Waals surface area contributed by atoms with E-state index >= 15 is 0 Å². The Balaban J connectivity index is 2.50. The van der Waals surface area contributed by atoms with E-state index in [2.05, 4.69) is 0 Å². The van der Waals surface area contributed by atoms with Gasteiger partial charge in [-0.1, -0.05) is 29.8 Å². The highest BCUT2D eigenvalue weighted by atomic mass is 16.2. The molecule has 0 radical (unpaired) electrons. The summed E-state index contributed by atoms with van der Waals surface area (Å²) >= 11 is 0. The van der Waals surface area contributed by atoms with Crippen molar-refractivity contribution in [2.45, 2.75) is 33.2 Å². The van der Waals surface area contributed by atoms with Gasteiger partial charge in [0.05, 0.1) is 6.04 Å². The second kappa shape index (κ2) is 5.87. The highest BCUT2D eigenvalue weighted by Gasteiger charge is 2.47. The van der Waals surface area contributed by atoms with Gasteiger partial charge in [0.25, 0.3) is 0 Å². The van der Waals surface area contributed by atoms with Crippen molar-refractivity contribution < 1.29 is 14.4 Å². The molecule has 0 bridgehead atoms. The molecule has 1 aliphatic rings. The smallest absolute Gasteiger partial charge is 0.246 e. The fraction of sp³-hybridized carbons (Fsp3) is 0.353. The summed E-state index contributed by atoms with van der Waals surface area (Å²) in [5, 5.41) is 0. The van der Waals surface area contributed by atoms with Crippen LogP contribution in [0.2, 0.25) is 0 Å². The maximum Gasteiger partial charge on any atom is 0.246 e. The normalized spacial score (nSPS) is 22.5. The number of carbonyl (C=O) groups is 3. The summed E-state index contributed by atoms with van der Waals surface area (Å²) < 4.78 is 0. The molecule has 2 unspecified atom stereocenters. The van der Waals surface area contributed by atoms with Crippen molar-refractivity contribution in [1.29, 1.82) is 0 Å². The Morgan fingerprint density at radius 1 is 1.30 bits per heavy atom. The second-order valence-electron chi connectivity index (χ2n) is 6.19. The fourth-order valence-corrected chi connectivity index (χ4v) is 2.74. The van der Waals surface area contributed by atoms with Crippen LogP contribution in [0.25, 0.3) is 0 Å². The van der Waals surface area contributed by atoms with Gasteiger partial charge >= 0.3 is 0 Å². The first-order valence-electron chi connectivity index (χ1n) is 7.36. The maximum atomic E-state index is 12.8. The average molecular weight is 315 g/mol. The summed E-state index contributed by atoms with van der Waals surface area (Å²) in [7, 11) is 0. The largest absolute Gasteiger partial charge is 0.369 e. The summed E-state index contributed by atoms with van der Waals surface area (Å²) in [6, 6.07) is 7.33. The number of hydrogen-bond donors (Lipinski definition) is 2. The maximum absolute atomic E-state index is 12.8. The van der Waals surface area contributed by atoms with Gasteiger partial charge in [0.2, 0.25) is 17.7 Å². The SMILES string of the molecule is Cc1cccc(C(C)N2C=C(C(N)=O)CC(C)(C(N)=O)C2=O)c1. The van der Waals surface area contributed by atoms with E-state index in [-0.39, 0.29) is 18.0 Å². The van der Waals surface area contributed by atoms with Crippen molar-refractivity contribution in [2.24, 2.45) is 16.9 Å². The highest BCUT2D eigenvalue weighted by Crippen LogP contribution is 2.37. The van der Waals surface area contributed by atoms with Gasteiger partial charge in [0.1, 0.15) is 5.41 Å². The van der Waals surface area contributed by atoms with E-state index in [0.717, 1.165) is 11.1 Å². The number of benzene rings is 1.